The van der Waals surface area contributed by atoms with Crippen molar-refractivity contribution in [1.82, 2.24) is 5.32 Å². The van der Waals surface area contributed by atoms with Crippen molar-refractivity contribution in [2.45, 2.75) is 13.3 Å². The maximum atomic E-state index is 13.8. The maximum absolute atomic E-state index is 13.8. The van der Waals surface area contributed by atoms with Crippen LogP contribution in [0.5, 0.6) is 11.5 Å². The summed E-state index contributed by atoms with van der Waals surface area (Å²) in [5.41, 5.74) is 1.68. The van der Waals surface area contributed by atoms with E-state index in [1.54, 1.807) is 18.2 Å². The lowest BCUT2D eigenvalue weighted by Gasteiger charge is -2.45. The van der Waals surface area contributed by atoms with Gasteiger partial charge in [-0.05, 0) is 37.1 Å². The van der Waals surface area contributed by atoms with E-state index in [-0.39, 0.29) is 18.7 Å². The molecule has 30 heavy (non-hydrogen) atoms. The molecule has 2 heterocycles. The van der Waals surface area contributed by atoms with Crippen LogP contribution in [0.2, 0.25) is 0 Å². The number of benzene rings is 2. The summed E-state index contributed by atoms with van der Waals surface area (Å²) < 4.78 is 10.6. The van der Waals surface area contributed by atoms with Gasteiger partial charge in [0.1, 0.15) is 11.5 Å². The molecule has 0 saturated carbocycles. The number of carbonyl (C=O) groups is 3. The fourth-order valence-corrected chi connectivity index (χ4v) is 4.26. The SMILES string of the molecule is COc1ccc(OC)c(N2C(=O)NC(=O)[C@]3(Cc4cc(C)ccc4N(C)C3)C2=O)c1. The first-order valence-electron chi connectivity index (χ1n) is 9.53. The Kier molecular flexibility index (Phi) is 4.64. The number of hydrogen-bond acceptors (Lipinski definition) is 6. The molecule has 1 spiro atoms. The second-order valence-electron chi connectivity index (χ2n) is 7.68. The van der Waals surface area contributed by atoms with E-state index < -0.39 is 23.3 Å². The van der Waals surface area contributed by atoms with E-state index in [0.717, 1.165) is 21.7 Å². The van der Waals surface area contributed by atoms with Crippen LogP contribution in [0.4, 0.5) is 16.2 Å². The molecule has 2 aliphatic rings. The van der Waals surface area contributed by atoms with E-state index in [4.69, 9.17) is 9.47 Å². The lowest BCUT2D eigenvalue weighted by Crippen LogP contribution is -2.68. The number of urea groups is 1. The van der Waals surface area contributed by atoms with Gasteiger partial charge in [0, 0.05) is 25.3 Å². The number of barbiturate groups is 1. The van der Waals surface area contributed by atoms with Crippen LogP contribution in [0.3, 0.4) is 0 Å². The normalized spacial score (nSPS) is 20.9. The average molecular weight is 409 g/mol. The fourth-order valence-electron chi connectivity index (χ4n) is 4.26. The molecule has 1 saturated heterocycles. The summed E-state index contributed by atoms with van der Waals surface area (Å²) in [7, 11) is 4.78. The monoisotopic (exact) mass is 409 g/mol. The van der Waals surface area contributed by atoms with Crippen LogP contribution < -0.4 is 24.6 Å². The Morgan fingerprint density at radius 2 is 1.77 bits per heavy atom. The van der Waals surface area contributed by atoms with Crippen molar-refractivity contribution >= 4 is 29.2 Å². The van der Waals surface area contributed by atoms with Crippen molar-refractivity contribution in [3.63, 3.8) is 0 Å². The van der Waals surface area contributed by atoms with E-state index in [9.17, 15) is 14.4 Å². The summed E-state index contributed by atoms with van der Waals surface area (Å²) in [5, 5.41) is 2.38. The van der Waals surface area contributed by atoms with E-state index in [1.165, 1.54) is 14.2 Å². The summed E-state index contributed by atoms with van der Waals surface area (Å²) in [4.78, 5) is 42.4. The molecule has 2 aromatic carbocycles. The summed E-state index contributed by atoms with van der Waals surface area (Å²) >= 11 is 0. The molecule has 0 aliphatic carbocycles. The van der Waals surface area contributed by atoms with Crippen LogP contribution in [0.1, 0.15) is 11.1 Å². The van der Waals surface area contributed by atoms with Gasteiger partial charge in [-0.25, -0.2) is 9.69 Å². The van der Waals surface area contributed by atoms with Gasteiger partial charge in [-0.2, -0.15) is 0 Å². The highest BCUT2D eigenvalue weighted by Crippen LogP contribution is 2.42. The third-order valence-electron chi connectivity index (χ3n) is 5.74. The molecule has 0 unspecified atom stereocenters. The molecule has 2 aromatic rings. The quantitative estimate of drug-likeness (QED) is 0.783. The predicted molar refractivity (Wildman–Crippen MR) is 111 cm³/mol. The van der Waals surface area contributed by atoms with Crippen molar-refractivity contribution in [2.75, 3.05) is 37.6 Å². The zero-order valence-electron chi connectivity index (χ0n) is 17.3. The highest BCUT2D eigenvalue weighted by molar-refractivity contribution is 6.30. The van der Waals surface area contributed by atoms with E-state index in [1.807, 2.05) is 37.1 Å². The summed E-state index contributed by atoms with van der Waals surface area (Å²) in [6.45, 7) is 2.12. The van der Waals surface area contributed by atoms with Crippen LogP contribution in [0.15, 0.2) is 36.4 Å². The summed E-state index contributed by atoms with van der Waals surface area (Å²) in [6, 6.07) is 9.97. The Balaban J connectivity index is 1.83. The number of aryl methyl sites for hydroxylation is 1. The number of nitrogens with one attached hydrogen (secondary N) is 1. The predicted octanol–water partition coefficient (Wildman–Crippen LogP) is 2.27. The van der Waals surface area contributed by atoms with Gasteiger partial charge in [0.2, 0.25) is 5.91 Å². The molecule has 0 aromatic heterocycles. The molecule has 0 radical (unpaired) electrons. The number of nitrogens with zero attached hydrogens (tertiary/aromatic N) is 2. The van der Waals surface area contributed by atoms with Crippen LogP contribution in [-0.2, 0) is 16.0 Å². The Hall–Kier alpha value is -3.55. The zero-order valence-corrected chi connectivity index (χ0v) is 17.3. The molecule has 1 N–H and O–H groups in total. The molecule has 4 rings (SSSR count). The number of hydrogen-bond donors (Lipinski definition) is 1. The molecular formula is C22H23N3O5. The van der Waals surface area contributed by atoms with Gasteiger partial charge in [0.05, 0.1) is 19.9 Å². The van der Waals surface area contributed by atoms with Crippen molar-refractivity contribution in [3.8, 4) is 11.5 Å². The number of carbonyl (C=O) groups excluding carboxylic acids is 3. The highest BCUT2D eigenvalue weighted by atomic mass is 16.5. The second kappa shape index (κ2) is 7.05. The molecule has 1 fully saturated rings. The van der Waals surface area contributed by atoms with Gasteiger partial charge >= 0.3 is 6.03 Å². The molecule has 4 amide bonds. The molecule has 2 aliphatic heterocycles. The molecule has 0 bridgehead atoms. The van der Waals surface area contributed by atoms with Crippen molar-refractivity contribution < 1.29 is 23.9 Å². The number of amides is 4. The number of ether oxygens (including phenoxy) is 2. The number of anilines is 2. The Morgan fingerprint density at radius 3 is 2.47 bits per heavy atom. The first-order chi connectivity index (χ1) is 14.3. The van der Waals surface area contributed by atoms with Crippen LogP contribution in [0.25, 0.3) is 0 Å². The third-order valence-corrected chi connectivity index (χ3v) is 5.74. The average Bonchev–Trinajstić information content (AvgIpc) is 2.72. The molecule has 156 valence electrons. The van der Waals surface area contributed by atoms with Gasteiger partial charge < -0.3 is 14.4 Å². The van der Waals surface area contributed by atoms with Gasteiger partial charge in [-0.1, -0.05) is 17.7 Å². The van der Waals surface area contributed by atoms with E-state index in [2.05, 4.69) is 5.32 Å². The minimum atomic E-state index is -1.43. The lowest BCUT2D eigenvalue weighted by atomic mass is 9.74. The Bertz CT molecular complexity index is 1070. The topological polar surface area (TPSA) is 88.2 Å². The van der Waals surface area contributed by atoms with Gasteiger partial charge in [0.25, 0.3) is 5.91 Å². The molecule has 8 nitrogen and oxygen atoms in total. The van der Waals surface area contributed by atoms with Crippen molar-refractivity contribution in [3.05, 3.63) is 47.5 Å². The van der Waals surface area contributed by atoms with Crippen molar-refractivity contribution in [1.29, 1.82) is 0 Å². The van der Waals surface area contributed by atoms with E-state index >= 15 is 0 Å². The van der Waals surface area contributed by atoms with Crippen LogP contribution >= 0.6 is 0 Å². The Morgan fingerprint density at radius 1 is 1.00 bits per heavy atom. The third kappa shape index (κ3) is 2.87. The number of fused-ring (bicyclic) bond motifs is 1. The summed E-state index contributed by atoms with van der Waals surface area (Å²) in [6.07, 6.45) is 0.203. The second-order valence-corrected chi connectivity index (χ2v) is 7.68. The lowest BCUT2D eigenvalue weighted by molar-refractivity contribution is -0.142. The zero-order chi connectivity index (χ0) is 21.6. The Labute approximate surface area is 174 Å². The van der Waals surface area contributed by atoms with Crippen molar-refractivity contribution in [2.24, 2.45) is 5.41 Å². The van der Waals surface area contributed by atoms with Gasteiger partial charge in [-0.15, -0.1) is 0 Å². The molecular weight excluding hydrogens is 386 g/mol. The number of methoxy groups -OCH3 is 2. The van der Waals surface area contributed by atoms with Crippen LogP contribution in [0, 0.1) is 12.3 Å². The minimum absolute atomic E-state index is 0.157. The minimum Gasteiger partial charge on any atom is -0.497 e. The highest BCUT2D eigenvalue weighted by Gasteiger charge is 2.57. The number of rotatable bonds is 3. The van der Waals surface area contributed by atoms with Gasteiger partial charge in [0.15, 0.2) is 5.41 Å². The number of imide groups is 2. The molecule has 1 atom stereocenters. The van der Waals surface area contributed by atoms with E-state index in [0.29, 0.717) is 11.5 Å². The first kappa shape index (κ1) is 19.8. The standard InChI is InChI=1S/C22H23N3O5/c1-13-5-7-16-14(9-13)11-22(12-24(16)2)19(26)23-21(28)25(20(22)27)17-10-15(29-3)6-8-18(17)30-4/h5-10H,11-12H2,1-4H3,(H,23,26,28)/t22-/m1/s1. The first-order valence-corrected chi connectivity index (χ1v) is 9.53. The summed E-state index contributed by atoms with van der Waals surface area (Å²) in [5.74, 6) is -0.389. The maximum Gasteiger partial charge on any atom is 0.335 e. The largest absolute Gasteiger partial charge is 0.497 e. The van der Waals surface area contributed by atoms with Crippen LogP contribution in [-0.4, -0.2) is 45.7 Å². The van der Waals surface area contributed by atoms with Gasteiger partial charge in [-0.3, -0.25) is 14.9 Å². The smallest absolute Gasteiger partial charge is 0.335 e. The molecule has 8 heteroatoms. The fraction of sp³-hybridized carbons (Fsp3) is 0.318.